The monoisotopic (exact) mass is 289 g/mol. The molecule has 21 heavy (non-hydrogen) atoms. The van der Waals surface area contributed by atoms with Gasteiger partial charge >= 0.3 is 0 Å². The van der Waals surface area contributed by atoms with Crippen LogP contribution in [0.4, 0.5) is 0 Å². The van der Waals surface area contributed by atoms with Crippen LogP contribution in [0.15, 0.2) is 24.5 Å². The molecule has 114 valence electrons. The summed E-state index contributed by atoms with van der Waals surface area (Å²) >= 11 is 0. The molecule has 1 amide bonds. The number of carbonyl (C=O) groups is 1. The number of morpholine rings is 1. The fourth-order valence-electron chi connectivity index (χ4n) is 3.18. The summed E-state index contributed by atoms with van der Waals surface area (Å²) in [4.78, 5) is 18.6. The van der Waals surface area contributed by atoms with E-state index in [2.05, 4.69) is 29.0 Å². The SMILES string of the molecule is CC(C)[C@H]1CN2C[C@H](NC(=O)c3ccncc3)C[C@H]2CO1. The molecule has 2 saturated heterocycles. The third-order valence-corrected chi connectivity index (χ3v) is 4.47. The summed E-state index contributed by atoms with van der Waals surface area (Å²) in [6.07, 6.45) is 4.58. The number of aromatic nitrogens is 1. The molecule has 0 aliphatic carbocycles. The highest BCUT2D eigenvalue weighted by Crippen LogP contribution is 2.25. The van der Waals surface area contributed by atoms with Gasteiger partial charge in [0.1, 0.15) is 0 Å². The molecule has 0 saturated carbocycles. The van der Waals surface area contributed by atoms with Gasteiger partial charge in [0, 0.05) is 43.1 Å². The quantitative estimate of drug-likeness (QED) is 0.911. The number of fused-ring (bicyclic) bond motifs is 1. The topological polar surface area (TPSA) is 54.5 Å². The highest BCUT2D eigenvalue weighted by Gasteiger charge is 2.38. The van der Waals surface area contributed by atoms with Crippen LogP contribution in [0.3, 0.4) is 0 Å². The van der Waals surface area contributed by atoms with Crippen LogP contribution in [0.1, 0.15) is 30.6 Å². The van der Waals surface area contributed by atoms with Gasteiger partial charge in [-0.05, 0) is 24.5 Å². The van der Waals surface area contributed by atoms with Gasteiger partial charge in [0.15, 0.2) is 0 Å². The van der Waals surface area contributed by atoms with Crippen molar-refractivity contribution in [1.29, 1.82) is 0 Å². The van der Waals surface area contributed by atoms with Crippen molar-refractivity contribution in [2.24, 2.45) is 5.92 Å². The van der Waals surface area contributed by atoms with E-state index in [9.17, 15) is 4.79 Å². The first-order valence-electron chi connectivity index (χ1n) is 7.70. The normalized spacial score (nSPS) is 29.4. The summed E-state index contributed by atoms with van der Waals surface area (Å²) in [6.45, 7) is 7.08. The molecule has 0 aromatic carbocycles. The molecule has 5 nitrogen and oxygen atoms in total. The molecule has 3 rings (SSSR count). The second-order valence-electron chi connectivity index (χ2n) is 6.37. The Balaban J connectivity index is 1.56. The van der Waals surface area contributed by atoms with E-state index in [0.717, 1.165) is 26.1 Å². The standard InChI is InChI=1S/C16H23N3O2/c1-11(2)15-9-19-8-13(7-14(19)10-21-15)18-16(20)12-3-5-17-6-4-12/h3-6,11,13-15H,7-10H2,1-2H3,(H,18,20)/t13-,14+,15-/m1/s1. The molecule has 0 radical (unpaired) electrons. The molecular formula is C16H23N3O2. The first-order chi connectivity index (χ1) is 10.1. The molecule has 2 aliphatic heterocycles. The Morgan fingerprint density at radius 3 is 2.86 bits per heavy atom. The minimum absolute atomic E-state index is 0.0106. The lowest BCUT2D eigenvalue weighted by Crippen LogP contribution is -2.48. The molecule has 3 heterocycles. The second-order valence-corrected chi connectivity index (χ2v) is 6.37. The van der Waals surface area contributed by atoms with Crippen LogP contribution in [0, 0.1) is 5.92 Å². The van der Waals surface area contributed by atoms with E-state index >= 15 is 0 Å². The van der Waals surface area contributed by atoms with E-state index in [-0.39, 0.29) is 11.9 Å². The van der Waals surface area contributed by atoms with Crippen LogP contribution >= 0.6 is 0 Å². The summed E-state index contributed by atoms with van der Waals surface area (Å²) in [6, 6.07) is 4.15. The highest BCUT2D eigenvalue weighted by molar-refractivity contribution is 5.94. The van der Waals surface area contributed by atoms with Crippen LogP contribution in [0.5, 0.6) is 0 Å². The number of nitrogens with zero attached hydrogens (tertiary/aromatic N) is 2. The number of rotatable bonds is 3. The summed E-state index contributed by atoms with van der Waals surface area (Å²) in [5, 5.41) is 3.13. The lowest BCUT2D eigenvalue weighted by atomic mass is 10.0. The maximum atomic E-state index is 12.2. The van der Waals surface area contributed by atoms with Gasteiger partial charge in [0.2, 0.25) is 0 Å². The minimum atomic E-state index is -0.0106. The Morgan fingerprint density at radius 2 is 2.14 bits per heavy atom. The first-order valence-corrected chi connectivity index (χ1v) is 7.70. The predicted octanol–water partition coefficient (Wildman–Crippen LogP) is 1.31. The van der Waals surface area contributed by atoms with Crippen molar-refractivity contribution < 1.29 is 9.53 Å². The van der Waals surface area contributed by atoms with Crippen molar-refractivity contribution in [3.8, 4) is 0 Å². The molecule has 0 spiro atoms. The Labute approximate surface area is 125 Å². The Kier molecular flexibility index (Phi) is 4.22. The second kappa shape index (κ2) is 6.12. The molecule has 2 fully saturated rings. The Hall–Kier alpha value is -1.46. The number of nitrogens with one attached hydrogen (secondary N) is 1. The lowest BCUT2D eigenvalue weighted by Gasteiger charge is -2.36. The average Bonchev–Trinajstić information content (AvgIpc) is 2.89. The lowest BCUT2D eigenvalue weighted by molar-refractivity contribution is -0.0683. The van der Waals surface area contributed by atoms with Crippen molar-refractivity contribution in [3.05, 3.63) is 30.1 Å². The summed E-state index contributed by atoms with van der Waals surface area (Å²) in [7, 11) is 0. The van der Waals surface area contributed by atoms with E-state index in [1.54, 1.807) is 24.5 Å². The average molecular weight is 289 g/mol. The number of hydrogen-bond acceptors (Lipinski definition) is 4. The number of hydrogen-bond donors (Lipinski definition) is 1. The van der Waals surface area contributed by atoms with E-state index in [1.165, 1.54) is 0 Å². The van der Waals surface area contributed by atoms with Crippen molar-refractivity contribution in [3.63, 3.8) is 0 Å². The van der Waals surface area contributed by atoms with Crippen LogP contribution in [0.25, 0.3) is 0 Å². The van der Waals surface area contributed by atoms with Gasteiger partial charge < -0.3 is 10.1 Å². The van der Waals surface area contributed by atoms with Gasteiger partial charge in [-0.2, -0.15) is 0 Å². The Bertz CT molecular complexity index is 492. The van der Waals surface area contributed by atoms with E-state index in [4.69, 9.17) is 4.74 Å². The van der Waals surface area contributed by atoms with Crippen LogP contribution in [0.2, 0.25) is 0 Å². The predicted molar refractivity (Wildman–Crippen MR) is 80.0 cm³/mol. The maximum absolute atomic E-state index is 12.2. The van der Waals surface area contributed by atoms with Gasteiger partial charge in [-0.1, -0.05) is 13.8 Å². The zero-order chi connectivity index (χ0) is 14.8. The number of amides is 1. The zero-order valence-electron chi connectivity index (χ0n) is 12.7. The van der Waals surface area contributed by atoms with Gasteiger partial charge in [-0.15, -0.1) is 0 Å². The molecule has 0 bridgehead atoms. The number of pyridine rings is 1. The fourth-order valence-corrected chi connectivity index (χ4v) is 3.18. The smallest absolute Gasteiger partial charge is 0.251 e. The first kappa shape index (κ1) is 14.5. The summed E-state index contributed by atoms with van der Waals surface area (Å²) < 4.78 is 5.93. The van der Waals surface area contributed by atoms with E-state index in [0.29, 0.717) is 23.6 Å². The molecule has 0 unspecified atom stereocenters. The van der Waals surface area contributed by atoms with E-state index in [1.807, 2.05) is 0 Å². The molecule has 1 aromatic rings. The van der Waals surface area contributed by atoms with Crippen molar-refractivity contribution in [2.45, 2.75) is 38.5 Å². The molecule has 5 heteroatoms. The third kappa shape index (κ3) is 3.24. The molecular weight excluding hydrogens is 266 g/mol. The molecule has 2 aliphatic rings. The van der Waals surface area contributed by atoms with Crippen molar-refractivity contribution >= 4 is 5.91 Å². The van der Waals surface area contributed by atoms with Gasteiger partial charge in [0.25, 0.3) is 5.91 Å². The van der Waals surface area contributed by atoms with Crippen molar-refractivity contribution in [2.75, 3.05) is 19.7 Å². The zero-order valence-corrected chi connectivity index (χ0v) is 12.7. The summed E-state index contributed by atoms with van der Waals surface area (Å²) in [5.41, 5.74) is 0.672. The van der Waals surface area contributed by atoms with Crippen LogP contribution in [-0.4, -0.2) is 53.7 Å². The number of carbonyl (C=O) groups excluding carboxylic acids is 1. The van der Waals surface area contributed by atoms with Gasteiger partial charge in [0.05, 0.1) is 12.7 Å². The van der Waals surface area contributed by atoms with Crippen LogP contribution < -0.4 is 5.32 Å². The molecule has 1 aromatic heterocycles. The summed E-state index contributed by atoms with van der Waals surface area (Å²) in [5.74, 6) is 0.528. The number of ether oxygens (including phenoxy) is 1. The van der Waals surface area contributed by atoms with E-state index < -0.39 is 0 Å². The maximum Gasteiger partial charge on any atom is 0.251 e. The fraction of sp³-hybridized carbons (Fsp3) is 0.625. The molecule has 3 atom stereocenters. The highest BCUT2D eigenvalue weighted by atomic mass is 16.5. The third-order valence-electron chi connectivity index (χ3n) is 4.47. The minimum Gasteiger partial charge on any atom is -0.375 e. The largest absolute Gasteiger partial charge is 0.375 e. The molecule has 1 N–H and O–H groups in total. The van der Waals surface area contributed by atoms with Crippen LogP contribution in [-0.2, 0) is 4.74 Å². The van der Waals surface area contributed by atoms with Gasteiger partial charge in [-0.3, -0.25) is 14.7 Å². The van der Waals surface area contributed by atoms with Crippen molar-refractivity contribution in [1.82, 2.24) is 15.2 Å². The Morgan fingerprint density at radius 1 is 1.38 bits per heavy atom. The van der Waals surface area contributed by atoms with Gasteiger partial charge in [-0.25, -0.2) is 0 Å².